The minimum Gasteiger partial charge on any atom is -0.487 e. The summed E-state index contributed by atoms with van der Waals surface area (Å²) in [5.41, 5.74) is 6.35. The standard InChI is InChI=1S/C16H18N2O4/c1-2-3-8-21-16(20)18-9-11(15(17)19)14-13(18)10-6-4-5-7-12(10)22-14/h2,4-7,11,13-14H,1,3,8-9H2,(H2,17,19)/t11-,13+,14+/m1/s1. The first-order valence-electron chi connectivity index (χ1n) is 7.22. The molecule has 2 aliphatic heterocycles. The molecule has 2 amide bonds. The highest BCUT2D eigenvalue weighted by Gasteiger charge is 2.53. The van der Waals surface area contributed by atoms with E-state index in [1.54, 1.807) is 6.08 Å². The van der Waals surface area contributed by atoms with Crippen LogP contribution in [0.4, 0.5) is 4.79 Å². The normalized spacial score (nSPS) is 25.1. The Labute approximate surface area is 128 Å². The van der Waals surface area contributed by atoms with Crippen molar-refractivity contribution in [3.63, 3.8) is 0 Å². The molecule has 0 aromatic heterocycles. The second kappa shape index (κ2) is 5.71. The van der Waals surface area contributed by atoms with E-state index in [9.17, 15) is 9.59 Å². The van der Waals surface area contributed by atoms with Crippen LogP contribution >= 0.6 is 0 Å². The fourth-order valence-electron chi connectivity index (χ4n) is 3.05. The van der Waals surface area contributed by atoms with Gasteiger partial charge >= 0.3 is 6.09 Å². The zero-order valence-corrected chi connectivity index (χ0v) is 12.1. The SMILES string of the molecule is C=CCCOC(=O)N1C[C@@H](C(N)=O)[C@@H]2Oc3ccccc3[C@@H]21. The van der Waals surface area contributed by atoms with Gasteiger partial charge < -0.3 is 15.2 Å². The molecule has 22 heavy (non-hydrogen) atoms. The Morgan fingerprint density at radius 2 is 2.23 bits per heavy atom. The van der Waals surface area contributed by atoms with Gasteiger partial charge in [0.25, 0.3) is 0 Å². The van der Waals surface area contributed by atoms with Crippen molar-refractivity contribution < 1.29 is 19.1 Å². The monoisotopic (exact) mass is 302 g/mol. The van der Waals surface area contributed by atoms with E-state index in [4.69, 9.17) is 15.2 Å². The van der Waals surface area contributed by atoms with Crippen LogP contribution in [-0.2, 0) is 9.53 Å². The molecule has 0 aliphatic carbocycles. The summed E-state index contributed by atoms with van der Waals surface area (Å²) in [6.45, 7) is 4.07. The van der Waals surface area contributed by atoms with Crippen molar-refractivity contribution >= 4 is 12.0 Å². The van der Waals surface area contributed by atoms with Crippen molar-refractivity contribution in [2.75, 3.05) is 13.2 Å². The fraction of sp³-hybridized carbons (Fsp3) is 0.375. The largest absolute Gasteiger partial charge is 0.487 e. The highest BCUT2D eigenvalue weighted by molar-refractivity contribution is 5.81. The maximum Gasteiger partial charge on any atom is 0.410 e. The quantitative estimate of drug-likeness (QED) is 0.677. The molecule has 3 atom stereocenters. The summed E-state index contributed by atoms with van der Waals surface area (Å²) in [5, 5.41) is 0. The van der Waals surface area contributed by atoms with Gasteiger partial charge in [-0.05, 0) is 12.5 Å². The Hall–Kier alpha value is -2.50. The zero-order chi connectivity index (χ0) is 15.7. The first-order valence-corrected chi connectivity index (χ1v) is 7.22. The molecule has 6 nitrogen and oxygen atoms in total. The summed E-state index contributed by atoms with van der Waals surface area (Å²) in [7, 11) is 0. The molecule has 0 radical (unpaired) electrons. The van der Waals surface area contributed by atoms with E-state index in [1.165, 1.54) is 4.90 Å². The van der Waals surface area contributed by atoms with Crippen LogP contribution in [0, 0.1) is 5.92 Å². The Morgan fingerprint density at radius 1 is 1.45 bits per heavy atom. The van der Waals surface area contributed by atoms with Crippen molar-refractivity contribution in [1.82, 2.24) is 4.90 Å². The molecule has 0 bridgehead atoms. The predicted octanol–water partition coefficient (Wildman–Crippen LogP) is 1.62. The minimum atomic E-state index is -0.538. The maximum absolute atomic E-state index is 12.3. The summed E-state index contributed by atoms with van der Waals surface area (Å²) >= 11 is 0. The van der Waals surface area contributed by atoms with E-state index < -0.39 is 24.0 Å². The number of primary amides is 1. The third-order valence-electron chi connectivity index (χ3n) is 4.09. The summed E-state index contributed by atoms with van der Waals surface area (Å²) < 4.78 is 11.1. The van der Waals surface area contributed by atoms with Crippen LogP contribution in [0.2, 0.25) is 0 Å². The van der Waals surface area contributed by atoms with E-state index in [2.05, 4.69) is 6.58 Å². The Morgan fingerprint density at radius 3 is 2.95 bits per heavy atom. The van der Waals surface area contributed by atoms with Crippen LogP contribution in [0.1, 0.15) is 18.0 Å². The number of amides is 2. The van der Waals surface area contributed by atoms with Crippen LogP contribution in [-0.4, -0.2) is 36.2 Å². The number of likely N-dealkylation sites (tertiary alicyclic amines) is 1. The molecule has 0 saturated carbocycles. The average molecular weight is 302 g/mol. The average Bonchev–Trinajstić information content (AvgIpc) is 3.04. The predicted molar refractivity (Wildman–Crippen MR) is 79.2 cm³/mol. The van der Waals surface area contributed by atoms with Crippen LogP contribution in [0.15, 0.2) is 36.9 Å². The number of nitrogens with zero attached hydrogens (tertiary/aromatic N) is 1. The number of hydrogen-bond acceptors (Lipinski definition) is 4. The van der Waals surface area contributed by atoms with Gasteiger partial charge in [-0.15, -0.1) is 6.58 Å². The summed E-state index contributed by atoms with van der Waals surface area (Å²) in [6.07, 6.45) is 1.36. The molecule has 1 fully saturated rings. The van der Waals surface area contributed by atoms with E-state index >= 15 is 0 Å². The molecule has 116 valence electrons. The number of fused-ring (bicyclic) bond motifs is 3. The van der Waals surface area contributed by atoms with E-state index in [1.807, 2.05) is 24.3 Å². The lowest BCUT2D eigenvalue weighted by Crippen LogP contribution is -2.34. The van der Waals surface area contributed by atoms with Gasteiger partial charge in [-0.1, -0.05) is 24.3 Å². The second-order valence-electron chi connectivity index (χ2n) is 5.42. The molecule has 0 unspecified atom stereocenters. The first kappa shape index (κ1) is 14.4. The number of benzene rings is 1. The van der Waals surface area contributed by atoms with Gasteiger partial charge in [-0.25, -0.2) is 4.79 Å². The number of ether oxygens (including phenoxy) is 2. The molecule has 0 spiro atoms. The molecule has 1 aromatic carbocycles. The third-order valence-corrected chi connectivity index (χ3v) is 4.09. The van der Waals surface area contributed by atoms with Crippen LogP contribution in [0.3, 0.4) is 0 Å². The van der Waals surface area contributed by atoms with E-state index in [0.717, 1.165) is 5.56 Å². The molecule has 1 saturated heterocycles. The molecule has 2 heterocycles. The molecule has 2 aliphatic rings. The van der Waals surface area contributed by atoms with Gasteiger partial charge in [0.2, 0.25) is 5.91 Å². The van der Waals surface area contributed by atoms with E-state index in [-0.39, 0.29) is 19.2 Å². The Balaban J connectivity index is 1.86. The fourth-order valence-corrected chi connectivity index (χ4v) is 3.05. The van der Waals surface area contributed by atoms with Gasteiger partial charge in [0.05, 0.1) is 12.5 Å². The number of carbonyl (C=O) groups excluding carboxylic acids is 2. The zero-order valence-electron chi connectivity index (χ0n) is 12.1. The molecule has 3 rings (SSSR count). The summed E-state index contributed by atoms with van der Waals surface area (Å²) in [4.78, 5) is 25.5. The lowest BCUT2D eigenvalue weighted by molar-refractivity contribution is -0.123. The van der Waals surface area contributed by atoms with Crippen molar-refractivity contribution in [3.8, 4) is 5.75 Å². The molecule has 1 aromatic rings. The Kier molecular flexibility index (Phi) is 3.75. The topological polar surface area (TPSA) is 81.9 Å². The smallest absolute Gasteiger partial charge is 0.410 e. The second-order valence-corrected chi connectivity index (χ2v) is 5.42. The first-order chi connectivity index (χ1) is 10.6. The number of carbonyl (C=O) groups is 2. The van der Waals surface area contributed by atoms with Crippen LogP contribution < -0.4 is 10.5 Å². The van der Waals surface area contributed by atoms with Gasteiger partial charge in [-0.3, -0.25) is 9.69 Å². The molecule has 2 N–H and O–H groups in total. The highest BCUT2D eigenvalue weighted by Crippen LogP contribution is 2.47. The molecular formula is C16H18N2O4. The number of rotatable bonds is 4. The van der Waals surface area contributed by atoms with Crippen LogP contribution in [0.25, 0.3) is 0 Å². The molecule has 6 heteroatoms. The van der Waals surface area contributed by atoms with Gasteiger partial charge in [0.15, 0.2) is 0 Å². The number of nitrogens with two attached hydrogens (primary N) is 1. The minimum absolute atomic E-state index is 0.214. The van der Waals surface area contributed by atoms with Gasteiger partial charge in [0.1, 0.15) is 17.9 Å². The maximum atomic E-state index is 12.3. The molecular weight excluding hydrogens is 284 g/mol. The Bertz CT molecular complexity index is 616. The highest BCUT2D eigenvalue weighted by atomic mass is 16.6. The van der Waals surface area contributed by atoms with Crippen molar-refractivity contribution in [1.29, 1.82) is 0 Å². The van der Waals surface area contributed by atoms with Crippen molar-refractivity contribution in [2.45, 2.75) is 18.6 Å². The summed E-state index contributed by atoms with van der Waals surface area (Å²) in [6, 6.07) is 7.13. The van der Waals surface area contributed by atoms with Gasteiger partial charge in [-0.2, -0.15) is 0 Å². The lowest BCUT2D eigenvalue weighted by atomic mass is 9.98. The third kappa shape index (κ3) is 2.30. The van der Waals surface area contributed by atoms with Crippen molar-refractivity contribution in [3.05, 3.63) is 42.5 Å². The van der Waals surface area contributed by atoms with E-state index in [0.29, 0.717) is 12.2 Å². The van der Waals surface area contributed by atoms with Crippen molar-refractivity contribution in [2.24, 2.45) is 11.7 Å². The van der Waals surface area contributed by atoms with Gasteiger partial charge in [0, 0.05) is 12.1 Å². The van der Waals surface area contributed by atoms with Crippen LogP contribution in [0.5, 0.6) is 5.75 Å². The number of para-hydroxylation sites is 1. The lowest BCUT2D eigenvalue weighted by Gasteiger charge is -2.22. The summed E-state index contributed by atoms with van der Waals surface area (Å²) in [5.74, 6) is -0.319. The number of hydrogen-bond donors (Lipinski definition) is 1.